The average Bonchev–Trinajstić information content (AvgIpc) is 2.45. The van der Waals surface area contributed by atoms with Crippen molar-refractivity contribution in [3.05, 3.63) is 28.2 Å². The normalized spacial score (nSPS) is 10.9. The van der Waals surface area contributed by atoms with Crippen molar-refractivity contribution in [1.29, 1.82) is 0 Å². The zero-order valence-electron chi connectivity index (χ0n) is 12.7. The predicted octanol–water partition coefficient (Wildman–Crippen LogP) is 3.71. The Labute approximate surface area is 153 Å². The largest absolute Gasteiger partial charge is 0.496 e. The molecule has 0 saturated heterocycles. The summed E-state index contributed by atoms with van der Waals surface area (Å²) < 4.78 is 6.40. The molecule has 0 atom stereocenters. The highest BCUT2D eigenvalue weighted by Crippen LogP contribution is 2.24. The summed E-state index contributed by atoms with van der Waals surface area (Å²) >= 11 is 3.44. The molecule has 0 fully saturated rings. The van der Waals surface area contributed by atoms with Crippen molar-refractivity contribution in [2.75, 3.05) is 20.2 Å². The van der Waals surface area contributed by atoms with E-state index in [0.29, 0.717) is 5.96 Å². The number of hydrogen-bond donors (Lipinski definition) is 2. The number of rotatable bonds is 8. The highest BCUT2D eigenvalue weighted by Gasteiger charge is 2.03. The van der Waals surface area contributed by atoms with E-state index in [1.54, 1.807) is 7.11 Å². The van der Waals surface area contributed by atoms with Crippen LogP contribution in [-0.2, 0) is 6.42 Å². The standard InChI is InChI=1S/C15H24BrN3O.HI/c1-3-4-9-18-15(17)19-10-5-6-12-7-8-13(16)11-14(12)20-2;/h7-8,11H,3-6,9-10H2,1-2H3,(H3,17,18,19);1H. The first-order chi connectivity index (χ1) is 9.67. The molecule has 120 valence electrons. The van der Waals surface area contributed by atoms with Gasteiger partial charge < -0.3 is 15.8 Å². The third kappa shape index (κ3) is 8.50. The molecule has 4 nitrogen and oxygen atoms in total. The summed E-state index contributed by atoms with van der Waals surface area (Å²) in [5, 5.41) is 3.11. The van der Waals surface area contributed by atoms with E-state index in [1.807, 2.05) is 12.1 Å². The van der Waals surface area contributed by atoms with E-state index in [0.717, 1.165) is 49.0 Å². The number of ether oxygens (including phenoxy) is 1. The summed E-state index contributed by atoms with van der Waals surface area (Å²) in [5.41, 5.74) is 6.98. The summed E-state index contributed by atoms with van der Waals surface area (Å²) in [6, 6.07) is 6.09. The van der Waals surface area contributed by atoms with Gasteiger partial charge in [-0.1, -0.05) is 35.3 Å². The van der Waals surface area contributed by atoms with Gasteiger partial charge in [-0.2, -0.15) is 0 Å². The number of hydrogen-bond acceptors (Lipinski definition) is 2. The lowest BCUT2D eigenvalue weighted by molar-refractivity contribution is 0.409. The molecule has 0 aromatic heterocycles. The van der Waals surface area contributed by atoms with Crippen molar-refractivity contribution < 1.29 is 4.74 Å². The molecule has 0 spiro atoms. The van der Waals surface area contributed by atoms with Gasteiger partial charge in [0.15, 0.2) is 5.96 Å². The van der Waals surface area contributed by atoms with Gasteiger partial charge in [0.05, 0.1) is 7.11 Å². The van der Waals surface area contributed by atoms with E-state index in [1.165, 1.54) is 5.56 Å². The topological polar surface area (TPSA) is 59.6 Å². The molecule has 1 aromatic carbocycles. The highest BCUT2D eigenvalue weighted by atomic mass is 127. The average molecular weight is 470 g/mol. The number of nitrogens with one attached hydrogen (secondary N) is 1. The first-order valence-corrected chi connectivity index (χ1v) is 7.83. The Balaban J connectivity index is 0.00000400. The number of methoxy groups -OCH3 is 1. The van der Waals surface area contributed by atoms with Crippen LogP contribution in [0.4, 0.5) is 0 Å². The van der Waals surface area contributed by atoms with Crippen LogP contribution in [0.5, 0.6) is 5.75 Å². The minimum atomic E-state index is 0. The van der Waals surface area contributed by atoms with E-state index >= 15 is 0 Å². The molecule has 0 aliphatic heterocycles. The Kier molecular flexibility index (Phi) is 11.8. The summed E-state index contributed by atoms with van der Waals surface area (Å²) in [6.45, 7) is 3.77. The summed E-state index contributed by atoms with van der Waals surface area (Å²) in [7, 11) is 1.69. The second-order valence-corrected chi connectivity index (χ2v) is 5.52. The number of aliphatic imine (C=N–C) groups is 1. The maximum atomic E-state index is 5.78. The van der Waals surface area contributed by atoms with Gasteiger partial charge in [0.1, 0.15) is 5.75 Å². The molecule has 0 radical (unpaired) electrons. The lowest BCUT2D eigenvalue weighted by Gasteiger charge is -2.08. The fourth-order valence-corrected chi connectivity index (χ4v) is 2.18. The zero-order chi connectivity index (χ0) is 14.8. The molecule has 0 bridgehead atoms. The Morgan fingerprint density at radius 3 is 2.81 bits per heavy atom. The lowest BCUT2D eigenvalue weighted by Crippen LogP contribution is -2.32. The van der Waals surface area contributed by atoms with Crippen molar-refractivity contribution in [3.63, 3.8) is 0 Å². The van der Waals surface area contributed by atoms with Crippen LogP contribution in [0, 0.1) is 0 Å². The van der Waals surface area contributed by atoms with E-state index in [2.05, 4.69) is 39.2 Å². The molecule has 0 amide bonds. The fraction of sp³-hybridized carbons (Fsp3) is 0.533. The van der Waals surface area contributed by atoms with E-state index < -0.39 is 0 Å². The molecule has 6 heteroatoms. The van der Waals surface area contributed by atoms with Crippen LogP contribution < -0.4 is 15.8 Å². The quantitative estimate of drug-likeness (QED) is 0.264. The molecule has 0 aliphatic carbocycles. The monoisotopic (exact) mass is 469 g/mol. The third-order valence-corrected chi connectivity index (χ3v) is 3.47. The Hall–Kier alpha value is -0.500. The maximum absolute atomic E-state index is 5.78. The van der Waals surface area contributed by atoms with E-state index in [9.17, 15) is 0 Å². The summed E-state index contributed by atoms with van der Waals surface area (Å²) in [6.07, 6.45) is 4.16. The van der Waals surface area contributed by atoms with Gasteiger partial charge in [-0.25, -0.2) is 0 Å². The Morgan fingerprint density at radius 2 is 2.14 bits per heavy atom. The second-order valence-electron chi connectivity index (χ2n) is 4.61. The minimum absolute atomic E-state index is 0. The van der Waals surface area contributed by atoms with Gasteiger partial charge in [0, 0.05) is 17.6 Å². The van der Waals surface area contributed by atoms with Gasteiger partial charge in [-0.3, -0.25) is 4.99 Å². The van der Waals surface area contributed by atoms with Crippen molar-refractivity contribution in [1.82, 2.24) is 5.32 Å². The molecule has 1 rings (SSSR count). The molecular weight excluding hydrogens is 445 g/mol. The molecule has 3 N–H and O–H groups in total. The number of halogens is 2. The van der Waals surface area contributed by atoms with Gasteiger partial charge >= 0.3 is 0 Å². The SMILES string of the molecule is CCCCNC(N)=NCCCc1ccc(Br)cc1OC.I. The lowest BCUT2D eigenvalue weighted by atomic mass is 10.1. The van der Waals surface area contributed by atoms with Gasteiger partial charge in [0.2, 0.25) is 0 Å². The van der Waals surface area contributed by atoms with E-state index in [-0.39, 0.29) is 24.0 Å². The van der Waals surface area contributed by atoms with Crippen LogP contribution in [0.25, 0.3) is 0 Å². The number of unbranched alkanes of at least 4 members (excludes halogenated alkanes) is 1. The van der Waals surface area contributed by atoms with Gasteiger partial charge in [-0.05, 0) is 37.0 Å². The molecular formula is C15H25BrIN3O. The van der Waals surface area contributed by atoms with Crippen molar-refractivity contribution in [2.24, 2.45) is 10.7 Å². The van der Waals surface area contributed by atoms with Crippen LogP contribution in [0.2, 0.25) is 0 Å². The molecule has 21 heavy (non-hydrogen) atoms. The number of nitrogens with zero attached hydrogens (tertiary/aromatic N) is 1. The van der Waals surface area contributed by atoms with Gasteiger partial charge in [-0.15, -0.1) is 24.0 Å². The van der Waals surface area contributed by atoms with Crippen LogP contribution in [0.15, 0.2) is 27.7 Å². The summed E-state index contributed by atoms with van der Waals surface area (Å²) in [5.74, 6) is 1.46. The number of nitrogens with two attached hydrogens (primary N) is 1. The number of aryl methyl sites for hydroxylation is 1. The first-order valence-electron chi connectivity index (χ1n) is 7.03. The maximum Gasteiger partial charge on any atom is 0.188 e. The van der Waals surface area contributed by atoms with Crippen molar-refractivity contribution >= 4 is 45.9 Å². The third-order valence-electron chi connectivity index (χ3n) is 2.97. The Bertz CT molecular complexity index is 441. The van der Waals surface area contributed by atoms with Crippen LogP contribution >= 0.6 is 39.9 Å². The fourth-order valence-electron chi connectivity index (χ4n) is 1.84. The molecule has 0 aliphatic rings. The van der Waals surface area contributed by atoms with Crippen LogP contribution in [0.1, 0.15) is 31.7 Å². The molecule has 0 heterocycles. The van der Waals surface area contributed by atoms with Crippen LogP contribution in [0.3, 0.4) is 0 Å². The molecule has 1 aromatic rings. The highest BCUT2D eigenvalue weighted by molar-refractivity contribution is 14.0. The van der Waals surface area contributed by atoms with Crippen LogP contribution in [-0.4, -0.2) is 26.2 Å². The van der Waals surface area contributed by atoms with Crippen molar-refractivity contribution in [2.45, 2.75) is 32.6 Å². The molecule has 0 unspecified atom stereocenters. The smallest absolute Gasteiger partial charge is 0.188 e. The Morgan fingerprint density at radius 1 is 1.38 bits per heavy atom. The van der Waals surface area contributed by atoms with Crippen molar-refractivity contribution in [3.8, 4) is 5.75 Å². The first kappa shape index (κ1) is 20.5. The minimum Gasteiger partial charge on any atom is -0.496 e. The molecule has 0 saturated carbocycles. The summed E-state index contributed by atoms with van der Waals surface area (Å²) in [4.78, 5) is 4.32. The number of benzene rings is 1. The number of guanidine groups is 1. The van der Waals surface area contributed by atoms with E-state index in [4.69, 9.17) is 10.5 Å². The van der Waals surface area contributed by atoms with Gasteiger partial charge in [0.25, 0.3) is 0 Å². The predicted molar refractivity (Wildman–Crippen MR) is 104 cm³/mol. The second kappa shape index (κ2) is 12.1. The zero-order valence-corrected chi connectivity index (χ0v) is 16.6.